The molecule has 5 nitrogen and oxygen atoms in total. The van der Waals surface area contributed by atoms with Crippen LogP contribution in [-0.4, -0.2) is 56.7 Å². The molecule has 2 unspecified atom stereocenters. The first-order valence-corrected chi connectivity index (χ1v) is 7.80. The number of nitrogens with two attached hydrogens (primary N) is 1. The van der Waals surface area contributed by atoms with E-state index in [9.17, 15) is 4.79 Å². The fourth-order valence-electron chi connectivity index (χ4n) is 2.76. The standard InChI is InChI=1S/C15H31N3O2/c1-12(2)13-9-14(18(10-13)7-4-6-16)11-20-8-5-15(19)17-3/h12-14H,4-11,16H2,1-3H3,(H,17,19). The zero-order chi connectivity index (χ0) is 15.0. The molecule has 1 aliphatic heterocycles. The average Bonchev–Trinajstić information content (AvgIpc) is 2.84. The Labute approximate surface area is 123 Å². The van der Waals surface area contributed by atoms with Gasteiger partial charge in [0.25, 0.3) is 0 Å². The van der Waals surface area contributed by atoms with Gasteiger partial charge in [0.15, 0.2) is 0 Å². The number of rotatable bonds is 9. The number of likely N-dealkylation sites (tertiary alicyclic amines) is 1. The predicted octanol–water partition coefficient (Wildman–Crippen LogP) is 0.834. The van der Waals surface area contributed by atoms with Gasteiger partial charge in [-0.15, -0.1) is 0 Å². The summed E-state index contributed by atoms with van der Waals surface area (Å²) in [4.78, 5) is 13.7. The molecule has 5 heteroatoms. The van der Waals surface area contributed by atoms with Gasteiger partial charge in [0.1, 0.15) is 0 Å². The summed E-state index contributed by atoms with van der Waals surface area (Å²) in [5.74, 6) is 1.50. The highest BCUT2D eigenvalue weighted by Gasteiger charge is 2.33. The molecule has 0 aliphatic carbocycles. The van der Waals surface area contributed by atoms with Crippen molar-refractivity contribution in [2.75, 3.05) is 39.9 Å². The lowest BCUT2D eigenvalue weighted by molar-refractivity contribution is -0.121. The molecule has 1 rings (SSSR count). The zero-order valence-electron chi connectivity index (χ0n) is 13.2. The van der Waals surface area contributed by atoms with E-state index in [1.807, 2.05) is 0 Å². The van der Waals surface area contributed by atoms with E-state index in [-0.39, 0.29) is 5.91 Å². The number of hydrogen-bond donors (Lipinski definition) is 2. The van der Waals surface area contributed by atoms with Gasteiger partial charge in [-0.2, -0.15) is 0 Å². The fourth-order valence-corrected chi connectivity index (χ4v) is 2.76. The van der Waals surface area contributed by atoms with E-state index < -0.39 is 0 Å². The smallest absolute Gasteiger partial charge is 0.222 e. The molecule has 20 heavy (non-hydrogen) atoms. The van der Waals surface area contributed by atoms with Gasteiger partial charge in [0.2, 0.25) is 5.91 Å². The third-order valence-electron chi connectivity index (χ3n) is 4.22. The number of carbonyl (C=O) groups excluding carboxylic acids is 1. The SMILES string of the molecule is CNC(=O)CCOCC1CC(C(C)C)CN1CCCN. The van der Waals surface area contributed by atoms with Crippen LogP contribution in [0.15, 0.2) is 0 Å². The molecule has 0 bridgehead atoms. The lowest BCUT2D eigenvalue weighted by Gasteiger charge is -2.24. The van der Waals surface area contributed by atoms with Gasteiger partial charge in [-0.1, -0.05) is 13.8 Å². The van der Waals surface area contributed by atoms with Crippen LogP contribution in [0.1, 0.15) is 33.1 Å². The maximum atomic E-state index is 11.1. The van der Waals surface area contributed by atoms with Gasteiger partial charge in [-0.3, -0.25) is 9.69 Å². The maximum absolute atomic E-state index is 11.1. The Morgan fingerprint density at radius 2 is 2.25 bits per heavy atom. The molecule has 1 amide bonds. The molecule has 118 valence electrons. The Morgan fingerprint density at radius 3 is 2.85 bits per heavy atom. The molecule has 1 saturated heterocycles. The van der Waals surface area contributed by atoms with Gasteiger partial charge in [0.05, 0.1) is 13.2 Å². The van der Waals surface area contributed by atoms with E-state index in [4.69, 9.17) is 10.5 Å². The van der Waals surface area contributed by atoms with E-state index in [1.165, 1.54) is 6.42 Å². The Balaban J connectivity index is 2.33. The first kappa shape index (κ1) is 17.4. The van der Waals surface area contributed by atoms with Gasteiger partial charge >= 0.3 is 0 Å². The molecule has 1 fully saturated rings. The van der Waals surface area contributed by atoms with Crippen LogP contribution in [-0.2, 0) is 9.53 Å². The largest absolute Gasteiger partial charge is 0.379 e. The van der Waals surface area contributed by atoms with Crippen LogP contribution in [0.3, 0.4) is 0 Å². The Kier molecular flexibility index (Phi) is 8.11. The number of ether oxygens (including phenoxy) is 1. The lowest BCUT2D eigenvalue weighted by Crippen LogP contribution is -2.35. The van der Waals surface area contributed by atoms with Crippen molar-refractivity contribution in [2.24, 2.45) is 17.6 Å². The van der Waals surface area contributed by atoms with Crippen LogP contribution in [0.2, 0.25) is 0 Å². The summed E-state index contributed by atoms with van der Waals surface area (Å²) >= 11 is 0. The fraction of sp³-hybridized carbons (Fsp3) is 0.933. The van der Waals surface area contributed by atoms with Crippen LogP contribution in [0.4, 0.5) is 0 Å². The molecule has 0 aromatic heterocycles. The molecule has 0 radical (unpaired) electrons. The maximum Gasteiger partial charge on any atom is 0.222 e. The van der Waals surface area contributed by atoms with Crippen molar-refractivity contribution in [2.45, 2.75) is 39.2 Å². The topological polar surface area (TPSA) is 67.6 Å². The Morgan fingerprint density at radius 1 is 1.50 bits per heavy atom. The highest BCUT2D eigenvalue weighted by Crippen LogP contribution is 2.29. The summed E-state index contributed by atoms with van der Waals surface area (Å²) in [5, 5.41) is 2.61. The normalized spacial score (nSPS) is 23.4. The average molecular weight is 285 g/mol. The lowest BCUT2D eigenvalue weighted by atomic mass is 9.93. The first-order valence-electron chi connectivity index (χ1n) is 7.80. The van der Waals surface area contributed by atoms with Crippen LogP contribution >= 0.6 is 0 Å². The molecular formula is C15H31N3O2. The number of amides is 1. The molecule has 1 heterocycles. The highest BCUT2D eigenvalue weighted by atomic mass is 16.5. The van der Waals surface area contributed by atoms with E-state index in [0.29, 0.717) is 25.0 Å². The van der Waals surface area contributed by atoms with Gasteiger partial charge in [-0.05, 0) is 37.8 Å². The first-order chi connectivity index (χ1) is 9.58. The molecule has 1 aliphatic rings. The summed E-state index contributed by atoms with van der Waals surface area (Å²) in [5.41, 5.74) is 5.61. The zero-order valence-corrected chi connectivity index (χ0v) is 13.2. The third kappa shape index (κ3) is 5.77. The third-order valence-corrected chi connectivity index (χ3v) is 4.22. The van der Waals surface area contributed by atoms with E-state index >= 15 is 0 Å². The second-order valence-corrected chi connectivity index (χ2v) is 6.03. The molecular weight excluding hydrogens is 254 g/mol. The van der Waals surface area contributed by atoms with Gasteiger partial charge < -0.3 is 15.8 Å². The quantitative estimate of drug-likeness (QED) is 0.616. The van der Waals surface area contributed by atoms with Crippen LogP contribution in [0, 0.1) is 11.8 Å². The van der Waals surface area contributed by atoms with Crippen LogP contribution in [0.25, 0.3) is 0 Å². The molecule has 0 aromatic rings. The van der Waals surface area contributed by atoms with E-state index in [2.05, 4.69) is 24.1 Å². The second kappa shape index (κ2) is 9.32. The molecule has 0 spiro atoms. The van der Waals surface area contributed by atoms with Crippen molar-refractivity contribution in [1.29, 1.82) is 0 Å². The number of hydrogen-bond acceptors (Lipinski definition) is 4. The van der Waals surface area contributed by atoms with E-state index in [0.717, 1.165) is 38.6 Å². The summed E-state index contributed by atoms with van der Waals surface area (Å²) in [7, 11) is 1.65. The van der Waals surface area contributed by atoms with E-state index in [1.54, 1.807) is 7.05 Å². The summed E-state index contributed by atoms with van der Waals surface area (Å²) in [6.45, 7) is 8.77. The predicted molar refractivity (Wildman–Crippen MR) is 81.5 cm³/mol. The van der Waals surface area contributed by atoms with Crippen molar-refractivity contribution < 1.29 is 9.53 Å². The molecule has 3 N–H and O–H groups in total. The molecule has 0 aromatic carbocycles. The minimum atomic E-state index is 0.0384. The van der Waals surface area contributed by atoms with Crippen LogP contribution < -0.4 is 11.1 Å². The van der Waals surface area contributed by atoms with Crippen molar-refractivity contribution in [3.63, 3.8) is 0 Å². The monoisotopic (exact) mass is 285 g/mol. The summed E-state index contributed by atoms with van der Waals surface area (Å²) in [6, 6.07) is 0.485. The van der Waals surface area contributed by atoms with Gasteiger partial charge in [-0.25, -0.2) is 0 Å². The second-order valence-electron chi connectivity index (χ2n) is 6.03. The minimum absolute atomic E-state index is 0.0384. The number of carbonyl (C=O) groups is 1. The van der Waals surface area contributed by atoms with Crippen molar-refractivity contribution in [3.8, 4) is 0 Å². The van der Waals surface area contributed by atoms with Crippen molar-refractivity contribution in [3.05, 3.63) is 0 Å². The highest BCUT2D eigenvalue weighted by molar-refractivity contribution is 5.75. The molecule has 2 atom stereocenters. The van der Waals surface area contributed by atoms with Crippen molar-refractivity contribution in [1.82, 2.24) is 10.2 Å². The Hall–Kier alpha value is -0.650. The van der Waals surface area contributed by atoms with Gasteiger partial charge in [0, 0.05) is 26.1 Å². The molecule has 0 saturated carbocycles. The van der Waals surface area contributed by atoms with Crippen molar-refractivity contribution >= 4 is 5.91 Å². The number of nitrogens with one attached hydrogen (secondary N) is 1. The number of nitrogens with zero attached hydrogens (tertiary/aromatic N) is 1. The minimum Gasteiger partial charge on any atom is -0.379 e. The Bertz CT molecular complexity index is 284. The van der Waals surface area contributed by atoms with Crippen LogP contribution in [0.5, 0.6) is 0 Å². The summed E-state index contributed by atoms with van der Waals surface area (Å²) < 4.78 is 5.69. The summed E-state index contributed by atoms with van der Waals surface area (Å²) in [6.07, 6.45) is 2.68.